The fraction of sp³-hybridized carbons (Fsp3) is 0.462. The molecule has 1 heterocycles. The van der Waals surface area contributed by atoms with Crippen LogP contribution in [0.1, 0.15) is 25.7 Å². The van der Waals surface area contributed by atoms with Gasteiger partial charge < -0.3 is 10.4 Å². The lowest BCUT2D eigenvalue weighted by atomic mass is 9.81. The van der Waals surface area contributed by atoms with E-state index in [2.05, 4.69) is 10.3 Å². The van der Waals surface area contributed by atoms with E-state index >= 15 is 0 Å². The van der Waals surface area contributed by atoms with Crippen LogP contribution in [0.2, 0.25) is 5.02 Å². The van der Waals surface area contributed by atoms with Gasteiger partial charge in [0.15, 0.2) is 0 Å². The zero-order valence-electron chi connectivity index (χ0n) is 10.3. The van der Waals surface area contributed by atoms with E-state index in [0.29, 0.717) is 36.5 Å². The minimum absolute atomic E-state index is 0.0985. The van der Waals surface area contributed by atoms with Gasteiger partial charge in [-0.15, -0.1) is 0 Å². The van der Waals surface area contributed by atoms with Crippen LogP contribution < -0.4 is 5.32 Å². The Bertz CT molecular complexity index is 467. The van der Waals surface area contributed by atoms with Gasteiger partial charge in [0, 0.05) is 12.1 Å². The molecule has 0 radical (unpaired) electrons. The molecule has 2 N–H and O–H groups in total. The fourth-order valence-corrected chi connectivity index (χ4v) is 2.39. The van der Waals surface area contributed by atoms with Gasteiger partial charge in [-0.25, -0.2) is 4.98 Å². The summed E-state index contributed by atoms with van der Waals surface area (Å²) in [6.45, 7) is 0. The van der Waals surface area contributed by atoms with Crippen molar-refractivity contribution in [3.8, 4) is 0 Å². The molecule has 0 bridgehead atoms. The van der Waals surface area contributed by atoms with Crippen LogP contribution in [0.25, 0.3) is 0 Å². The molecule has 0 aliphatic heterocycles. The van der Waals surface area contributed by atoms with Gasteiger partial charge in [0.2, 0.25) is 5.91 Å². The molecule has 1 saturated carbocycles. The molecule has 1 aliphatic rings. The van der Waals surface area contributed by atoms with Gasteiger partial charge >= 0.3 is 5.97 Å². The van der Waals surface area contributed by atoms with Gasteiger partial charge in [-0.05, 0) is 37.8 Å². The highest BCUT2D eigenvalue weighted by atomic mass is 35.5. The van der Waals surface area contributed by atoms with E-state index < -0.39 is 5.97 Å². The van der Waals surface area contributed by atoms with Crippen molar-refractivity contribution in [1.82, 2.24) is 4.98 Å². The van der Waals surface area contributed by atoms with Crippen LogP contribution in [0.4, 0.5) is 5.82 Å². The molecule has 2 rings (SSSR count). The molecule has 0 aromatic carbocycles. The van der Waals surface area contributed by atoms with E-state index in [1.54, 1.807) is 12.1 Å². The van der Waals surface area contributed by atoms with E-state index in [9.17, 15) is 9.59 Å². The van der Waals surface area contributed by atoms with Crippen LogP contribution in [0.5, 0.6) is 0 Å². The predicted molar refractivity (Wildman–Crippen MR) is 71.0 cm³/mol. The Labute approximate surface area is 116 Å². The van der Waals surface area contributed by atoms with Gasteiger partial charge in [0.1, 0.15) is 5.82 Å². The first-order valence-electron chi connectivity index (χ1n) is 6.21. The van der Waals surface area contributed by atoms with Crippen LogP contribution in [-0.4, -0.2) is 22.0 Å². The minimum atomic E-state index is -0.766. The highest BCUT2D eigenvalue weighted by molar-refractivity contribution is 6.30. The molecule has 102 valence electrons. The summed E-state index contributed by atoms with van der Waals surface area (Å²) >= 11 is 5.71. The van der Waals surface area contributed by atoms with Crippen molar-refractivity contribution >= 4 is 29.3 Å². The number of hydrogen-bond donors (Lipinski definition) is 2. The van der Waals surface area contributed by atoms with Gasteiger partial charge in [0.05, 0.1) is 10.9 Å². The highest BCUT2D eigenvalue weighted by Crippen LogP contribution is 2.29. The van der Waals surface area contributed by atoms with Crippen LogP contribution in [0.15, 0.2) is 18.3 Å². The number of halogens is 1. The number of aromatic nitrogens is 1. The van der Waals surface area contributed by atoms with Crippen molar-refractivity contribution in [3.63, 3.8) is 0 Å². The molecular formula is C13H15ClN2O3. The van der Waals surface area contributed by atoms with Crippen molar-refractivity contribution in [3.05, 3.63) is 23.4 Å². The molecule has 0 atom stereocenters. The molecule has 0 unspecified atom stereocenters. The summed E-state index contributed by atoms with van der Waals surface area (Å²) in [5.74, 6) is -0.836. The second-order valence-electron chi connectivity index (χ2n) is 4.74. The fourth-order valence-electron chi connectivity index (χ4n) is 2.28. The number of carbonyl (C=O) groups excluding carboxylic acids is 1. The molecule has 1 aromatic heterocycles. The monoisotopic (exact) mass is 282 g/mol. The number of pyridine rings is 1. The van der Waals surface area contributed by atoms with Gasteiger partial charge in [-0.3, -0.25) is 9.59 Å². The van der Waals surface area contributed by atoms with Crippen LogP contribution >= 0.6 is 11.6 Å². The Hall–Kier alpha value is -1.62. The van der Waals surface area contributed by atoms with E-state index in [0.717, 1.165) is 0 Å². The Morgan fingerprint density at radius 2 is 1.84 bits per heavy atom. The first kappa shape index (κ1) is 13.8. The minimum Gasteiger partial charge on any atom is -0.481 e. The molecule has 6 heteroatoms. The summed E-state index contributed by atoms with van der Waals surface area (Å²) in [7, 11) is 0. The molecule has 1 fully saturated rings. The smallest absolute Gasteiger partial charge is 0.306 e. The number of anilines is 1. The third-order valence-corrected chi connectivity index (χ3v) is 3.65. The standard InChI is InChI=1S/C13H15ClN2O3/c14-10-5-6-11(15-7-10)16-12(17)8-1-3-9(4-2-8)13(18)19/h5-9H,1-4H2,(H,18,19)(H,15,16,17). The van der Waals surface area contributed by atoms with Crippen molar-refractivity contribution < 1.29 is 14.7 Å². The van der Waals surface area contributed by atoms with Gasteiger partial charge in [0.25, 0.3) is 0 Å². The number of carboxylic acids is 1. The number of carboxylic acid groups (broad SMARTS) is 1. The van der Waals surface area contributed by atoms with Crippen LogP contribution in [0.3, 0.4) is 0 Å². The lowest BCUT2D eigenvalue weighted by Gasteiger charge is -2.25. The largest absolute Gasteiger partial charge is 0.481 e. The van der Waals surface area contributed by atoms with Gasteiger partial charge in [-0.2, -0.15) is 0 Å². The van der Waals surface area contributed by atoms with E-state index in [1.165, 1.54) is 6.20 Å². The maximum absolute atomic E-state index is 12.0. The Kier molecular flexibility index (Phi) is 4.37. The van der Waals surface area contributed by atoms with Crippen molar-refractivity contribution in [1.29, 1.82) is 0 Å². The summed E-state index contributed by atoms with van der Waals surface area (Å²) in [4.78, 5) is 26.8. The molecule has 0 saturated heterocycles. The van der Waals surface area contributed by atoms with Crippen molar-refractivity contribution in [2.24, 2.45) is 11.8 Å². The Morgan fingerprint density at radius 3 is 2.37 bits per heavy atom. The molecular weight excluding hydrogens is 268 g/mol. The zero-order valence-corrected chi connectivity index (χ0v) is 11.1. The van der Waals surface area contributed by atoms with E-state index in [1.807, 2.05) is 0 Å². The summed E-state index contributed by atoms with van der Waals surface area (Å²) in [5.41, 5.74) is 0. The normalized spacial score (nSPS) is 22.8. The second kappa shape index (κ2) is 6.02. The SMILES string of the molecule is O=C(O)C1CCC(C(=O)Nc2ccc(Cl)cn2)CC1. The van der Waals surface area contributed by atoms with Crippen molar-refractivity contribution in [2.45, 2.75) is 25.7 Å². The number of rotatable bonds is 3. The maximum atomic E-state index is 12.0. The first-order chi connectivity index (χ1) is 9.06. The van der Waals surface area contributed by atoms with Crippen LogP contribution in [-0.2, 0) is 9.59 Å². The van der Waals surface area contributed by atoms with Crippen LogP contribution in [0, 0.1) is 11.8 Å². The van der Waals surface area contributed by atoms with Gasteiger partial charge in [-0.1, -0.05) is 11.6 Å². The number of nitrogens with zero attached hydrogens (tertiary/aromatic N) is 1. The zero-order chi connectivity index (χ0) is 13.8. The first-order valence-corrected chi connectivity index (χ1v) is 6.59. The molecule has 1 amide bonds. The Balaban J connectivity index is 1.88. The summed E-state index contributed by atoms with van der Waals surface area (Å²) in [6.07, 6.45) is 3.80. The quantitative estimate of drug-likeness (QED) is 0.893. The average Bonchev–Trinajstić information content (AvgIpc) is 2.41. The average molecular weight is 283 g/mol. The maximum Gasteiger partial charge on any atom is 0.306 e. The number of amides is 1. The topological polar surface area (TPSA) is 79.3 Å². The number of carbonyl (C=O) groups is 2. The Morgan fingerprint density at radius 1 is 1.21 bits per heavy atom. The van der Waals surface area contributed by atoms with Crippen molar-refractivity contribution in [2.75, 3.05) is 5.32 Å². The third kappa shape index (κ3) is 3.67. The molecule has 19 heavy (non-hydrogen) atoms. The molecule has 0 spiro atoms. The summed E-state index contributed by atoms with van der Waals surface area (Å²) < 4.78 is 0. The predicted octanol–water partition coefficient (Wildman–Crippen LogP) is 2.56. The number of hydrogen-bond acceptors (Lipinski definition) is 3. The number of nitrogens with one attached hydrogen (secondary N) is 1. The van der Waals surface area contributed by atoms with E-state index in [4.69, 9.17) is 16.7 Å². The highest BCUT2D eigenvalue weighted by Gasteiger charge is 2.29. The lowest BCUT2D eigenvalue weighted by Crippen LogP contribution is -2.29. The molecule has 5 nitrogen and oxygen atoms in total. The lowest BCUT2D eigenvalue weighted by molar-refractivity contribution is -0.143. The summed E-state index contributed by atoms with van der Waals surface area (Å²) in [5, 5.41) is 12.1. The second-order valence-corrected chi connectivity index (χ2v) is 5.17. The molecule has 1 aromatic rings. The number of aliphatic carboxylic acids is 1. The van der Waals surface area contributed by atoms with E-state index in [-0.39, 0.29) is 17.7 Å². The third-order valence-electron chi connectivity index (χ3n) is 3.43. The summed E-state index contributed by atoms with van der Waals surface area (Å²) in [6, 6.07) is 3.30. The molecule has 1 aliphatic carbocycles.